The van der Waals surface area contributed by atoms with E-state index in [1.54, 1.807) is 6.07 Å². The number of benzene rings is 1. The number of aliphatic hydroxyl groups excluding tert-OH is 1. The topological polar surface area (TPSA) is 74.7 Å². The number of aromatic nitrogens is 1. The molecule has 1 spiro atoms. The fourth-order valence-electron chi connectivity index (χ4n) is 4.43. The number of halogens is 4. The molecule has 2 aromatic rings. The van der Waals surface area contributed by atoms with Gasteiger partial charge >= 0.3 is 6.18 Å². The minimum atomic E-state index is -4.64. The fourth-order valence-corrected chi connectivity index (χ4v) is 4.60. The van der Waals surface area contributed by atoms with Crippen molar-refractivity contribution in [2.24, 2.45) is 0 Å². The van der Waals surface area contributed by atoms with Gasteiger partial charge in [0.15, 0.2) is 0 Å². The molecular weight excluding hydrogens is 447 g/mol. The summed E-state index contributed by atoms with van der Waals surface area (Å²) in [7, 11) is 0. The van der Waals surface area contributed by atoms with E-state index < -0.39 is 29.0 Å². The van der Waals surface area contributed by atoms with E-state index in [1.165, 1.54) is 13.1 Å². The first-order valence-corrected chi connectivity index (χ1v) is 10.7. The molecule has 1 amide bonds. The van der Waals surface area contributed by atoms with Crippen LogP contribution >= 0.6 is 11.6 Å². The van der Waals surface area contributed by atoms with Gasteiger partial charge in [-0.2, -0.15) is 13.2 Å². The van der Waals surface area contributed by atoms with E-state index in [1.807, 2.05) is 12.1 Å². The number of carbonyl (C=O) groups is 1. The molecule has 172 valence electrons. The molecule has 0 radical (unpaired) electrons. The molecule has 1 aromatic heterocycles. The lowest BCUT2D eigenvalue weighted by molar-refractivity contribution is -0.139. The highest BCUT2D eigenvalue weighted by Gasteiger charge is 2.48. The smallest absolute Gasteiger partial charge is 0.418 e. The molecule has 0 bridgehead atoms. The highest BCUT2D eigenvalue weighted by atomic mass is 35.5. The summed E-state index contributed by atoms with van der Waals surface area (Å²) in [5, 5.41) is 13.1. The number of nitrogens with one attached hydrogen (secondary N) is 1. The number of amides is 1. The van der Waals surface area contributed by atoms with Gasteiger partial charge in [-0.25, -0.2) is 0 Å². The highest BCUT2D eigenvalue weighted by molar-refractivity contribution is 6.31. The molecule has 2 aliphatic heterocycles. The van der Waals surface area contributed by atoms with Crippen LogP contribution in [0.4, 0.5) is 18.9 Å². The molecule has 2 N–H and O–H groups in total. The molecule has 6 nitrogen and oxygen atoms in total. The summed E-state index contributed by atoms with van der Waals surface area (Å²) < 4.78 is 45.3. The monoisotopic (exact) mass is 469 g/mol. The molecule has 4 rings (SSSR count). The van der Waals surface area contributed by atoms with E-state index in [2.05, 4.69) is 15.2 Å². The molecule has 1 fully saturated rings. The Kier molecular flexibility index (Phi) is 6.08. The number of carbonyl (C=O) groups excluding carboxylic acids is 1. The summed E-state index contributed by atoms with van der Waals surface area (Å²) in [4.78, 5) is 18.5. The van der Waals surface area contributed by atoms with Crippen molar-refractivity contribution in [3.63, 3.8) is 0 Å². The van der Waals surface area contributed by atoms with Crippen LogP contribution in [0.5, 0.6) is 5.75 Å². The normalized spacial score (nSPS) is 19.0. The standard InChI is InChI=1S/C22H23ClF3N3O3/c1-13(30)19-17(22(24,25)26)11-15(12-27-19)32-9-8-29-6-4-21(5-7-29)16-10-14(23)2-3-18(16)28-20(21)31/h2-3,10-13,30H,4-9H2,1H3,(H,28,31)/t13-/m1/s1. The molecule has 32 heavy (non-hydrogen) atoms. The number of rotatable bonds is 5. The molecule has 1 aromatic carbocycles. The maximum atomic E-state index is 13.3. The number of hydrogen-bond donors (Lipinski definition) is 2. The van der Waals surface area contributed by atoms with E-state index in [9.17, 15) is 23.1 Å². The molecule has 0 saturated carbocycles. The van der Waals surface area contributed by atoms with Gasteiger partial charge in [-0.05, 0) is 62.7 Å². The molecule has 0 unspecified atom stereocenters. The van der Waals surface area contributed by atoms with Crippen molar-refractivity contribution in [1.82, 2.24) is 9.88 Å². The first kappa shape index (κ1) is 22.8. The highest BCUT2D eigenvalue weighted by Crippen LogP contribution is 2.45. The number of hydrogen-bond acceptors (Lipinski definition) is 5. The van der Waals surface area contributed by atoms with Crippen molar-refractivity contribution in [3.05, 3.63) is 52.3 Å². The van der Waals surface area contributed by atoms with Crippen molar-refractivity contribution < 1.29 is 27.8 Å². The Bertz CT molecular complexity index is 1020. The lowest BCUT2D eigenvalue weighted by Crippen LogP contribution is -2.47. The third-order valence-corrected chi connectivity index (χ3v) is 6.40. The number of likely N-dealkylation sites (tertiary alicyclic amines) is 1. The number of ether oxygens (including phenoxy) is 1. The largest absolute Gasteiger partial charge is 0.491 e. The second-order valence-electron chi connectivity index (χ2n) is 8.19. The zero-order chi connectivity index (χ0) is 23.1. The number of nitrogens with zero attached hydrogens (tertiary/aromatic N) is 2. The Labute approximate surface area is 188 Å². The summed E-state index contributed by atoms with van der Waals surface area (Å²) in [6, 6.07) is 6.27. The van der Waals surface area contributed by atoms with Crippen LogP contribution in [0.1, 0.15) is 42.7 Å². The van der Waals surface area contributed by atoms with Crippen LogP contribution in [-0.2, 0) is 16.4 Å². The Hall–Kier alpha value is -2.36. The second-order valence-corrected chi connectivity index (χ2v) is 8.63. The van der Waals surface area contributed by atoms with Crippen molar-refractivity contribution in [3.8, 4) is 5.75 Å². The molecule has 1 saturated heterocycles. The van der Waals surface area contributed by atoms with Crippen molar-refractivity contribution in [2.75, 3.05) is 31.6 Å². The lowest BCUT2D eigenvalue weighted by Gasteiger charge is -2.38. The Morgan fingerprint density at radius 1 is 1.31 bits per heavy atom. The van der Waals surface area contributed by atoms with Crippen LogP contribution in [0, 0.1) is 0 Å². The first-order valence-electron chi connectivity index (χ1n) is 10.3. The zero-order valence-corrected chi connectivity index (χ0v) is 18.1. The third kappa shape index (κ3) is 4.29. The van der Waals surface area contributed by atoms with Gasteiger partial charge in [-0.1, -0.05) is 11.6 Å². The van der Waals surface area contributed by atoms with Gasteiger partial charge < -0.3 is 15.2 Å². The molecule has 10 heteroatoms. The quantitative estimate of drug-likeness (QED) is 0.687. The summed E-state index contributed by atoms with van der Waals surface area (Å²) >= 11 is 6.14. The third-order valence-electron chi connectivity index (χ3n) is 6.16. The number of pyridine rings is 1. The van der Waals surface area contributed by atoms with Crippen molar-refractivity contribution in [2.45, 2.75) is 37.5 Å². The van der Waals surface area contributed by atoms with E-state index >= 15 is 0 Å². The zero-order valence-electron chi connectivity index (χ0n) is 17.4. The SMILES string of the molecule is C[C@@H](O)c1ncc(OCCN2CCC3(CC2)C(=O)Nc2ccc(Cl)cc23)cc1C(F)(F)F. The van der Waals surface area contributed by atoms with Gasteiger partial charge in [-0.15, -0.1) is 0 Å². The predicted molar refractivity (Wildman–Crippen MR) is 113 cm³/mol. The van der Waals surface area contributed by atoms with Gasteiger partial charge in [0.05, 0.1) is 29.0 Å². The van der Waals surface area contributed by atoms with Gasteiger partial charge in [0.1, 0.15) is 12.4 Å². The molecule has 3 heterocycles. The number of fused-ring (bicyclic) bond motifs is 2. The number of piperidine rings is 1. The summed E-state index contributed by atoms with van der Waals surface area (Å²) in [6.45, 7) is 3.21. The molecule has 1 atom stereocenters. The van der Waals surface area contributed by atoms with Crippen LogP contribution < -0.4 is 10.1 Å². The second kappa shape index (κ2) is 8.53. The Morgan fingerprint density at radius 2 is 2.03 bits per heavy atom. The van der Waals surface area contributed by atoms with Crippen LogP contribution in [0.3, 0.4) is 0 Å². The number of aliphatic hydroxyl groups is 1. The Morgan fingerprint density at radius 3 is 2.69 bits per heavy atom. The fraction of sp³-hybridized carbons (Fsp3) is 0.455. The van der Waals surface area contributed by atoms with Gasteiger partial charge in [0, 0.05) is 17.3 Å². The average Bonchev–Trinajstić information content (AvgIpc) is 2.99. The van der Waals surface area contributed by atoms with Gasteiger partial charge in [-0.3, -0.25) is 14.7 Å². The van der Waals surface area contributed by atoms with E-state index in [-0.39, 0.29) is 18.3 Å². The van der Waals surface area contributed by atoms with E-state index in [0.29, 0.717) is 37.5 Å². The summed E-state index contributed by atoms with van der Waals surface area (Å²) in [6.07, 6.45) is -3.55. The lowest BCUT2D eigenvalue weighted by atomic mass is 9.73. The maximum absolute atomic E-state index is 13.3. The van der Waals surface area contributed by atoms with Crippen LogP contribution in [0.2, 0.25) is 5.02 Å². The maximum Gasteiger partial charge on any atom is 0.418 e. The minimum Gasteiger partial charge on any atom is -0.491 e. The summed E-state index contributed by atoms with van der Waals surface area (Å²) in [5.41, 5.74) is -0.310. The molecule has 2 aliphatic rings. The molecule has 0 aliphatic carbocycles. The van der Waals surface area contributed by atoms with E-state index in [4.69, 9.17) is 16.3 Å². The first-order chi connectivity index (χ1) is 15.1. The average molecular weight is 470 g/mol. The van der Waals surface area contributed by atoms with E-state index in [0.717, 1.165) is 17.3 Å². The van der Waals surface area contributed by atoms with Crippen LogP contribution in [-0.4, -0.2) is 47.1 Å². The van der Waals surface area contributed by atoms with Crippen molar-refractivity contribution in [1.29, 1.82) is 0 Å². The molecular formula is C22H23ClF3N3O3. The van der Waals surface area contributed by atoms with Gasteiger partial charge in [0.2, 0.25) is 5.91 Å². The predicted octanol–water partition coefficient (Wildman–Crippen LogP) is 4.17. The van der Waals surface area contributed by atoms with Crippen molar-refractivity contribution >= 4 is 23.2 Å². The minimum absolute atomic E-state index is 0.00561. The van der Waals surface area contributed by atoms with Gasteiger partial charge in [0.25, 0.3) is 0 Å². The van der Waals surface area contributed by atoms with Crippen LogP contribution in [0.25, 0.3) is 0 Å². The van der Waals surface area contributed by atoms with Crippen LogP contribution in [0.15, 0.2) is 30.5 Å². The number of anilines is 1. The summed E-state index contributed by atoms with van der Waals surface area (Å²) in [5.74, 6) is -0.0245. The Balaban J connectivity index is 1.36. The number of alkyl halides is 3.